The molecule has 0 aliphatic heterocycles. The van der Waals surface area contributed by atoms with E-state index in [1.165, 1.54) is 41.2 Å². The van der Waals surface area contributed by atoms with Crippen molar-refractivity contribution in [3.05, 3.63) is 99.0 Å². The highest BCUT2D eigenvalue weighted by molar-refractivity contribution is 6.04. The zero-order valence-corrected chi connectivity index (χ0v) is 24.3. The number of nitrogens with one attached hydrogen (secondary N) is 3. The molecule has 1 aliphatic carbocycles. The van der Waals surface area contributed by atoms with Gasteiger partial charge in [-0.05, 0) is 62.1 Å². The minimum Gasteiger partial charge on any atom is -0.453 e. The van der Waals surface area contributed by atoms with Gasteiger partial charge in [0.2, 0.25) is 0 Å². The van der Waals surface area contributed by atoms with Gasteiger partial charge in [0.1, 0.15) is 22.5 Å². The van der Waals surface area contributed by atoms with Gasteiger partial charge in [0.05, 0.1) is 12.3 Å². The first kappa shape index (κ1) is 29.7. The summed E-state index contributed by atoms with van der Waals surface area (Å²) in [6.07, 6.45) is 4.55. The number of hydrogen-bond donors (Lipinski definition) is 3. The zero-order valence-electron chi connectivity index (χ0n) is 24.3. The molecule has 3 aromatic heterocycles. The lowest BCUT2D eigenvalue weighted by molar-refractivity contribution is 0.102. The van der Waals surface area contributed by atoms with Gasteiger partial charge in [0.25, 0.3) is 11.5 Å². The fourth-order valence-electron chi connectivity index (χ4n) is 4.90. The molecule has 0 bridgehead atoms. The summed E-state index contributed by atoms with van der Waals surface area (Å²) < 4.78 is 42.0. The van der Waals surface area contributed by atoms with Crippen molar-refractivity contribution in [1.29, 1.82) is 0 Å². The minimum absolute atomic E-state index is 0.0523. The Hall–Kier alpha value is -5.37. The molecule has 14 heteroatoms. The second-order valence-electron chi connectivity index (χ2n) is 10.8. The molecule has 3 heterocycles. The Labute approximate surface area is 254 Å². The van der Waals surface area contributed by atoms with Crippen LogP contribution in [-0.2, 0) is 11.3 Å². The Morgan fingerprint density at radius 2 is 1.89 bits per heavy atom. The first-order valence-corrected chi connectivity index (χ1v) is 14.2. The van der Waals surface area contributed by atoms with Crippen LogP contribution in [0.4, 0.5) is 20.3 Å². The number of amides is 1. The number of hydrogen-bond acceptors (Lipinski definition) is 8. The van der Waals surface area contributed by atoms with Gasteiger partial charge >= 0.3 is 5.69 Å². The Morgan fingerprint density at radius 3 is 2.60 bits per heavy atom. The van der Waals surface area contributed by atoms with Crippen molar-refractivity contribution in [3.63, 3.8) is 0 Å². The smallest absolute Gasteiger partial charge is 0.335 e. The number of benzene rings is 2. The number of carbonyl (C=O) groups is 1. The van der Waals surface area contributed by atoms with Crippen molar-refractivity contribution < 1.29 is 23.0 Å². The standard InChI is InChI=1S/C31H29F2N7O5/c1-17(16-44-2)35-28-26-25(11-12-34-27(26)37-38-28)45-24-10-7-20(13-23(24)33)36-29(41)22-15-39(14-18-3-4-18)31(43)40(30(22)42)21-8-5-19(32)6-9-21/h5-13,15,17-18H,3-4,14,16H2,1-2H3,(H,36,41)(H2,34,35,37,38). The van der Waals surface area contributed by atoms with E-state index in [0.29, 0.717) is 30.0 Å². The Kier molecular flexibility index (Phi) is 8.13. The molecule has 1 aliphatic rings. The number of nitrogens with zero attached hydrogens (tertiary/aromatic N) is 4. The maximum atomic E-state index is 15.3. The third-order valence-electron chi connectivity index (χ3n) is 7.27. The lowest BCUT2D eigenvalue weighted by Crippen LogP contribution is -2.42. The molecule has 45 heavy (non-hydrogen) atoms. The first-order valence-electron chi connectivity index (χ1n) is 14.2. The van der Waals surface area contributed by atoms with E-state index in [1.807, 2.05) is 6.92 Å². The van der Waals surface area contributed by atoms with Crippen LogP contribution in [0.1, 0.15) is 30.1 Å². The van der Waals surface area contributed by atoms with Crippen LogP contribution in [0.3, 0.4) is 0 Å². The van der Waals surface area contributed by atoms with Gasteiger partial charge in [-0.15, -0.1) is 0 Å². The number of methoxy groups -OCH3 is 1. The van der Waals surface area contributed by atoms with Crippen LogP contribution >= 0.6 is 0 Å². The highest BCUT2D eigenvalue weighted by Gasteiger charge is 2.25. The summed E-state index contributed by atoms with van der Waals surface area (Å²) in [4.78, 5) is 44.1. The molecule has 5 aromatic rings. The number of H-pyrrole nitrogens is 1. The number of halogens is 2. The van der Waals surface area contributed by atoms with E-state index in [4.69, 9.17) is 9.47 Å². The van der Waals surface area contributed by atoms with Crippen molar-refractivity contribution in [1.82, 2.24) is 24.3 Å². The summed E-state index contributed by atoms with van der Waals surface area (Å²) in [6.45, 7) is 2.66. The van der Waals surface area contributed by atoms with E-state index in [9.17, 15) is 18.8 Å². The lowest BCUT2D eigenvalue weighted by atomic mass is 10.2. The molecule has 1 amide bonds. The van der Waals surface area contributed by atoms with Crippen LogP contribution in [0.5, 0.6) is 11.5 Å². The van der Waals surface area contributed by atoms with E-state index in [-0.39, 0.29) is 40.4 Å². The maximum Gasteiger partial charge on any atom is 0.335 e. The van der Waals surface area contributed by atoms with Gasteiger partial charge in [-0.25, -0.2) is 23.1 Å². The van der Waals surface area contributed by atoms with Crippen molar-refractivity contribution in [2.75, 3.05) is 24.4 Å². The molecule has 0 spiro atoms. The number of aromatic amines is 1. The molecule has 12 nitrogen and oxygen atoms in total. The second kappa shape index (κ2) is 12.3. The van der Waals surface area contributed by atoms with Gasteiger partial charge in [0, 0.05) is 49.9 Å². The van der Waals surface area contributed by atoms with Crippen LogP contribution in [-0.4, -0.2) is 50.0 Å². The number of anilines is 2. The third-order valence-corrected chi connectivity index (χ3v) is 7.27. The molecule has 0 radical (unpaired) electrons. The van der Waals surface area contributed by atoms with E-state index in [0.717, 1.165) is 35.6 Å². The molecular weight excluding hydrogens is 588 g/mol. The van der Waals surface area contributed by atoms with E-state index >= 15 is 4.39 Å². The molecule has 1 unspecified atom stereocenters. The molecule has 1 atom stereocenters. The van der Waals surface area contributed by atoms with Crippen LogP contribution in [0.25, 0.3) is 16.7 Å². The van der Waals surface area contributed by atoms with Gasteiger partial charge in [-0.2, -0.15) is 5.10 Å². The van der Waals surface area contributed by atoms with E-state index in [2.05, 4.69) is 25.8 Å². The Morgan fingerprint density at radius 1 is 1.11 bits per heavy atom. The first-order chi connectivity index (χ1) is 21.7. The molecule has 1 saturated carbocycles. The average molecular weight is 618 g/mol. The molecule has 0 saturated heterocycles. The monoisotopic (exact) mass is 617 g/mol. The van der Waals surface area contributed by atoms with E-state index < -0.39 is 28.8 Å². The van der Waals surface area contributed by atoms with E-state index in [1.54, 1.807) is 13.2 Å². The fourth-order valence-corrected chi connectivity index (χ4v) is 4.90. The van der Waals surface area contributed by atoms with Crippen LogP contribution in [0.2, 0.25) is 0 Å². The van der Waals surface area contributed by atoms with Crippen LogP contribution in [0, 0.1) is 17.6 Å². The average Bonchev–Trinajstić information content (AvgIpc) is 3.74. The number of pyridine rings is 1. The number of carbonyl (C=O) groups excluding carboxylic acids is 1. The molecular formula is C31H29F2N7O5. The topological polar surface area (TPSA) is 145 Å². The van der Waals surface area contributed by atoms with Gasteiger partial charge in [0.15, 0.2) is 23.0 Å². The summed E-state index contributed by atoms with van der Waals surface area (Å²) in [5.41, 5.74) is -1.26. The summed E-state index contributed by atoms with van der Waals surface area (Å²) in [5, 5.41) is 13.3. The fraction of sp³-hybridized carbons (Fsp3) is 0.258. The lowest BCUT2D eigenvalue weighted by Gasteiger charge is -2.14. The number of aromatic nitrogens is 5. The predicted octanol–water partition coefficient (Wildman–Crippen LogP) is 4.45. The maximum absolute atomic E-state index is 15.3. The summed E-state index contributed by atoms with van der Waals surface area (Å²) in [7, 11) is 1.59. The summed E-state index contributed by atoms with van der Waals surface area (Å²) >= 11 is 0. The highest BCUT2D eigenvalue weighted by atomic mass is 19.1. The van der Waals surface area contributed by atoms with Gasteiger partial charge in [-0.1, -0.05) is 0 Å². The number of rotatable bonds is 11. The Bertz CT molecular complexity index is 2000. The minimum atomic E-state index is -0.886. The summed E-state index contributed by atoms with van der Waals surface area (Å²) in [6, 6.07) is 10.1. The van der Waals surface area contributed by atoms with Crippen molar-refractivity contribution in [2.24, 2.45) is 5.92 Å². The predicted molar refractivity (Wildman–Crippen MR) is 162 cm³/mol. The van der Waals surface area contributed by atoms with Gasteiger partial charge in [-0.3, -0.25) is 19.3 Å². The summed E-state index contributed by atoms with van der Waals surface area (Å²) in [5.74, 6) is -1.31. The van der Waals surface area contributed by atoms with Crippen LogP contribution in [0.15, 0.2) is 70.5 Å². The van der Waals surface area contributed by atoms with Gasteiger partial charge < -0.3 is 20.1 Å². The van der Waals surface area contributed by atoms with Crippen molar-refractivity contribution >= 4 is 28.4 Å². The molecule has 1 fully saturated rings. The quantitative estimate of drug-likeness (QED) is 0.197. The normalized spacial score (nSPS) is 13.5. The van der Waals surface area contributed by atoms with Crippen molar-refractivity contribution in [3.8, 4) is 17.2 Å². The second-order valence-corrected chi connectivity index (χ2v) is 10.8. The van der Waals surface area contributed by atoms with Crippen LogP contribution < -0.4 is 26.6 Å². The number of ether oxygens (including phenoxy) is 2. The molecule has 232 valence electrons. The zero-order chi connectivity index (χ0) is 31.7. The molecule has 3 N–H and O–H groups in total. The van der Waals surface area contributed by atoms with Crippen molar-refractivity contribution in [2.45, 2.75) is 32.4 Å². The third kappa shape index (κ3) is 6.31. The molecule has 6 rings (SSSR count). The molecule has 2 aromatic carbocycles. The largest absolute Gasteiger partial charge is 0.453 e. The Balaban J connectivity index is 1.27. The SMILES string of the molecule is COCC(C)Nc1n[nH]c2nccc(Oc3ccc(NC(=O)c4cn(CC5CC5)c(=O)n(-c5ccc(F)cc5)c4=O)cc3F)c12. The highest BCUT2D eigenvalue weighted by Crippen LogP contribution is 2.35. The number of fused-ring (bicyclic) bond motifs is 1.